The number of benzene rings is 2. The van der Waals surface area contributed by atoms with E-state index in [1.54, 1.807) is 30.3 Å². The van der Waals surface area contributed by atoms with E-state index in [-0.39, 0.29) is 56.8 Å². The Balaban J connectivity index is 1.72. The number of amides is 1. The Bertz CT molecular complexity index is 1280. The van der Waals surface area contributed by atoms with Crippen LogP contribution in [-0.4, -0.2) is 66.3 Å². The SMILES string of the molecule is C=C[C@H]1CC[C@H](c2ccccc2)S(=O)(=O)N1Cc1cc(F)c(C2(N(CCCO)C(=O)O)CCOCC2)cc1F. The number of hydrogen-bond donors (Lipinski definition) is 2. The summed E-state index contributed by atoms with van der Waals surface area (Å²) < 4.78 is 65.4. The number of nitrogens with zero attached hydrogens (tertiary/aromatic N) is 2. The predicted molar refractivity (Wildman–Crippen MR) is 141 cm³/mol. The van der Waals surface area contributed by atoms with Gasteiger partial charge in [0.2, 0.25) is 10.0 Å². The van der Waals surface area contributed by atoms with E-state index >= 15 is 8.78 Å². The van der Waals surface area contributed by atoms with Crippen molar-refractivity contribution in [1.29, 1.82) is 0 Å². The lowest BCUT2D eigenvalue weighted by Crippen LogP contribution is -2.53. The Labute approximate surface area is 227 Å². The van der Waals surface area contributed by atoms with Crippen LogP contribution >= 0.6 is 0 Å². The first-order valence-corrected chi connectivity index (χ1v) is 14.5. The molecular weight excluding hydrogens is 530 g/mol. The first-order chi connectivity index (χ1) is 18.7. The molecule has 2 aromatic carbocycles. The van der Waals surface area contributed by atoms with E-state index in [2.05, 4.69) is 6.58 Å². The lowest BCUT2D eigenvalue weighted by molar-refractivity contribution is -0.0267. The number of rotatable bonds is 9. The van der Waals surface area contributed by atoms with Crippen molar-refractivity contribution in [2.75, 3.05) is 26.4 Å². The largest absolute Gasteiger partial charge is 0.465 e. The van der Waals surface area contributed by atoms with Gasteiger partial charge < -0.3 is 14.9 Å². The second-order valence-corrected chi connectivity index (χ2v) is 12.0. The van der Waals surface area contributed by atoms with Crippen molar-refractivity contribution in [2.45, 2.75) is 55.5 Å². The van der Waals surface area contributed by atoms with Gasteiger partial charge in [0, 0.05) is 50.1 Å². The maximum absolute atomic E-state index is 15.8. The van der Waals surface area contributed by atoms with E-state index in [1.165, 1.54) is 10.4 Å². The molecule has 0 aliphatic carbocycles. The van der Waals surface area contributed by atoms with Crippen LogP contribution in [0.1, 0.15) is 54.0 Å². The van der Waals surface area contributed by atoms with Crippen LogP contribution in [0.15, 0.2) is 55.1 Å². The summed E-state index contributed by atoms with van der Waals surface area (Å²) in [6.07, 6.45) is 1.40. The van der Waals surface area contributed by atoms with Crippen molar-refractivity contribution < 1.29 is 36.9 Å². The molecule has 2 fully saturated rings. The molecule has 0 radical (unpaired) electrons. The molecule has 2 N–H and O–H groups in total. The quantitative estimate of drug-likeness (QED) is 0.433. The molecule has 2 atom stereocenters. The summed E-state index contributed by atoms with van der Waals surface area (Å²) in [7, 11) is -3.94. The third-order valence-corrected chi connectivity index (χ3v) is 10.1. The number of hydrogen-bond acceptors (Lipinski definition) is 5. The van der Waals surface area contributed by atoms with Crippen LogP contribution in [0.3, 0.4) is 0 Å². The molecular formula is C28H34F2N2O6S. The number of carbonyl (C=O) groups is 1. The number of sulfonamides is 1. The highest BCUT2D eigenvalue weighted by atomic mass is 32.2. The van der Waals surface area contributed by atoms with Gasteiger partial charge in [-0.25, -0.2) is 22.0 Å². The summed E-state index contributed by atoms with van der Waals surface area (Å²) in [6, 6.07) is 10.2. The number of carboxylic acid groups (broad SMARTS) is 1. The normalized spacial score (nSPS) is 22.7. The molecule has 2 aliphatic rings. The van der Waals surface area contributed by atoms with Gasteiger partial charge in [0.25, 0.3) is 0 Å². The minimum absolute atomic E-state index is 0.0669. The molecule has 4 rings (SSSR count). The molecule has 2 heterocycles. The molecule has 0 saturated carbocycles. The van der Waals surface area contributed by atoms with Crippen molar-refractivity contribution in [3.63, 3.8) is 0 Å². The van der Waals surface area contributed by atoms with Gasteiger partial charge in [-0.3, -0.25) is 4.90 Å². The molecule has 1 amide bonds. The third kappa shape index (κ3) is 5.72. The highest BCUT2D eigenvalue weighted by Crippen LogP contribution is 2.42. The van der Waals surface area contributed by atoms with Crippen molar-refractivity contribution >= 4 is 16.1 Å². The minimum Gasteiger partial charge on any atom is -0.465 e. The Kier molecular flexibility index (Phi) is 9.05. The van der Waals surface area contributed by atoms with Gasteiger partial charge in [-0.1, -0.05) is 36.4 Å². The maximum Gasteiger partial charge on any atom is 0.408 e. The Morgan fingerprint density at radius 1 is 1.15 bits per heavy atom. The van der Waals surface area contributed by atoms with Crippen molar-refractivity contribution in [3.05, 3.63) is 83.4 Å². The second-order valence-electron chi connectivity index (χ2n) is 9.95. The van der Waals surface area contributed by atoms with Crippen LogP contribution in [0.5, 0.6) is 0 Å². The topological polar surface area (TPSA) is 107 Å². The molecule has 11 heteroatoms. The van der Waals surface area contributed by atoms with Gasteiger partial charge in [0.1, 0.15) is 16.9 Å². The Hall–Kier alpha value is -2.86. The summed E-state index contributed by atoms with van der Waals surface area (Å²) >= 11 is 0. The highest BCUT2D eigenvalue weighted by Gasteiger charge is 2.46. The van der Waals surface area contributed by atoms with Crippen LogP contribution in [0.25, 0.3) is 0 Å². The molecule has 0 unspecified atom stereocenters. The summed E-state index contributed by atoms with van der Waals surface area (Å²) in [5.41, 5.74) is -1.04. The van der Waals surface area contributed by atoms with Gasteiger partial charge in [0.05, 0.1) is 5.54 Å². The molecule has 2 saturated heterocycles. The van der Waals surface area contributed by atoms with Crippen LogP contribution in [0.4, 0.5) is 13.6 Å². The van der Waals surface area contributed by atoms with Gasteiger partial charge in [-0.15, -0.1) is 6.58 Å². The van der Waals surface area contributed by atoms with Crippen molar-refractivity contribution in [3.8, 4) is 0 Å². The lowest BCUT2D eigenvalue weighted by Gasteiger charge is -2.45. The van der Waals surface area contributed by atoms with Crippen LogP contribution in [-0.2, 0) is 26.8 Å². The molecule has 8 nitrogen and oxygen atoms in total. The smallest absolute Gasteiger partial charge is 0.408 e. The molecule has 0 spiro atoms. The zero-order chi connectivity index (χ0) is 28.2. The summed E-state index contributed by atoms with van der Waals surface area (Å²) in [6.45, 7) is 3.34. The zero-order valence-corrected chi connectivity index (χ0v) is 22.5. The molecule has 212 valence electrons. The predicted octanol–water partition coefficient (Wildman–Crippen LogP) is 4.55. The maximum atomic E-state index is 15.8. The van der Waals surface area contributed by atoms with E-state index in [9.17, 15) is 23.4 Å². The van der Waals surface area contributed by atoms with Crippen LogP contribution in [0.2, 0.25) is 0 Å². The molecule has 2 aromatic rings. The third-order valence-electron chi connectivity index (χ3n) is 7.80. The van der Waals surface area contributed by atoms with E-state index in [1.807, 2.05) is 0 Å². The van der Waals surface area contributed by atoms with Crippen molar-refractivity contribution in [1.82, 2.24) is 9.21 Å². The fourth-order valence-corrected chi connectivity index (χ4v) is 7.92. The van der Waals surface area contributed by atoms with Gasteiger partial charge >= 0.3 is 6.09 Å². The summed E-state index contributed by atoms with van der Waals surface area (Å²) in [5.74, 6) is -1.66. The van der Waals surface area contributed by atoms with E-state index in [0.29, 0.717) is 18.4 Å². The molecule has 0 aromatic heterocycles. The minimum atomic E-state index is -3.94. The Morgan fingerprint density at radius 3 is 2.46 bits per heavy atom. The van der Waals surface area contributed by atoms with Crippen molar-refractivity contribution in [2.24, 2.45) is 0 Å². The van der Waals surface area contributed by atoms with E-state index < -0.39 is 51.1 Å². The monoisotopic (exact) mass is 564 g/mol. The van der Waals surface area contributed by atoms with E-state index in [4.69, 9.17) is 4.74 Å². The van der Waals surface area contributed by atoms with Crippen LogP contribution in [0, 0.1) is 11.6 Å². The number of ether oxygens (including phenoxy) is 1. The fourth-order valence-electron chi connectivity index (χ4n) is 5.77. The number of aliphatic hydroxyl groups is 1. The Morgan fingerprint density at radius 2 is 1.85 bits per heavy atom. The average molecular weight is 565 g/mol. The molecule has 2 aliphatic heterocycles. The summed E-state index contributed by atoms with van der Waals surface area (Å²) in [5, 5.41) is 18.4. The van der Waals surface area contributed by atoms with E-state index in [0.717, 1.165) is 17.0 Å². The number of halogens is 2. The van der Waals surface area contributed by atoms with Crippen LogP contribution < -0.4 is 0 Å². The lowest BCUT2D eigenvalue weighted by atomic mass is 9.80. The highest BCUT2D eigenvalue weighted by molar-refractivity contribution is 7.89. The molecule has 0 bridgehead atoms. The second kappa shape index (κ2) is 12.1. The molecule has 39 heavy (non-hydrogen) atoms. The first kappa shape index (κ1) is 29.1. The van der Waals surface area contributed by atoms with Gasteiger partial charge in [-0.05, 0) is 49.8 Å². The first-order valence-electron chi connectivity index (χ1n) is 13.0. The summed E-state index contributed by atoms with van der Waals surface area (Å²) in [4.78, 5) is 13.3. The zero-order valence-electron chi connectivity index (χ0n) is 21.6. The standard InChI is InChI=1S/C28H34F2N2O6S/c1-2-22-9-10-26(20-7-4-3-5-8-20)39(36,37)32(22)19-21-17-25(30)23(18-24(21)29)28(11-15-38-16-12-28)31(27(34)35)13-6-14-33/h2-5,7-8,17-18,22,26,33H,1,6,9-16,19H2,(H,34,35)/t22-,26+/m0/s1. The van der Waals surface area contributed by atoms with Gasteiger partial charge in [-0.2, -0.15) is 4.31 Å². The number of aliphatic hydroxyl groups excluding tert-OH is 1. The average Bonchev–Trinajstić information content (AvgIpc) is 2.92. The van der Waals surface area contributed by atoms with Gasteiger partial charge in [0.15, 0.2) is 0 Å². The fraction of sp³-hybridized carbons (Fsp3) is 0.464.